The van der Waals surface area contributed by atoms with E-state index in [1.54, 1.807) is 0 Å². The molecule has 1 atom stereocenters. The largest absolute Gasteiger partial charge is 0.482 e. The van der Waals surface area contributed by atoms with E-state index in [1.165, 1.54) is 24.8 Å². The summed E-state index contributed by atoms with van der Waals surface area (Å²) in [5.74, 6) is 1.56. The van der Waals surface area contributed by atoms with Gasteiger partial charge in [-0.1, -0.05) is 34.8 Å². The maximum absolute atomic E-state index is 11.2. The fraction of sp³-hybridized carbons (Fsp3) is 0.462. The molecule has 1 aromatic rings. The molecule has 0 bridgehead atoms. The highest BCUT2D eigenvalue weighted by Gasteiger charge is 2.26. The zero-order chi connectivity index (χ0) is 11.8. The first-order valence-electron chi connectivity index (χ1n) is 5.93. The molecule has 3 nitrogen and oxygen atoms in total. The van der Waals surface area contributed by atoms with E-state index < -0.39 is 0 Å². The average molecular weight is 296 g/mol. The molecule has 1 heterocycles. The van der Waals surface area contributed by atoms with Gasteiger partial charge in [-0.25, -0.2) is 0 Å². The van der Waals surface area contributed by atoms with Crippen LogP contribution in [0.5, 0.6) is 5.75 Å². The summed E-state index contributed by atoms with van der Waals surface area (Å²) in [6.45, 7) is 0.117. The van der Waals surface area contributed by atoms with Crippen LogP contribution in [0.3, 0.4) is 0 Å². The van der Waals surface area contributed by atoms with E-state index in [-0.39, 0.29) is 12.5 Å². The minimum Gasteiger partial charge on any atom is -0.482 e. The first-order valence-corrected chi connectivity index (χ1v) is 6.84. The minimum atomic E-state index is -0.0806. The van der Waals surface area contributed by atoms with Crippen LogP contribution in [0.1, 0.15) is 29.7 Å². The molecule has 0 saturated heterocycles. The Hall–Kier alpha value is -1.03. The second-order valence-corrected chi connectivity index (χ2v) is 5.84. The topological polar surface area (TPSA) is 38.3 Å². The van der Waals surface area contributed by atoms with Crippen molar-refractivity contribution in [2.24, 2.45) is 5.92 Å². The maximum Gasteiger partial charge on any atom is 0.262 e. The first-order chi connectivity index (χ1) is 8.22. The number of alkyl halides is 1. The minimum absolute atomic E-state index is 0.0806. The number of hydrogen-bond donors (Lipinski definition) is 1. The van der Waals surface area contributed by atoms with Gasteiger partial charge >= 0.3 is 0 Å². The lowest BCUT2D eigenvalue weighted by molar-refractivity contribution is -0.118. The van der Waals surface area contributed by atoms with Crippen LogP contribution in [0.15, 0.2) is 18.2 Å². The molecule has 1 saturated carbocycles. The standard InChI is InChI=1S/C13H14BrNO2/c14-10(5-8-1-2-8)9-3-4-12-11(6-9)15-13(16)7-17-12/h3-4,6,8,10H,1-2,5,7H2,(H,15,16). The average Bonchev–Trinajstić information content (AvgIpc) is 3.12. The van der Waals surface area contributed by atoms with Crippen LogP contribution in [-0.2, 0) is 4.79 Å². The SMILES string of the molecule is O=C1COc2ccc(C(Br)CC3CC3)cc2N1. The van der Waals surface area contributed by atoms with Gasteiger partial charge in [-0.15, -0.1) is 0 Å². The van der Waals surface area contributed by atoms with Crippen LogP contribution in [0.25, 0.3) is 0 Å². The van der Waals surface area contributed by atoms with Crippen molar-refractivity contribution in [2.75, 3.05) is 11.9 Å². The van der Waals surface area contributed by atoms with Crippen molar-refractivity contribution >= 4 is 27.5 Å². The van der Waals surface area contributed by atoms with Crippen LogP contribution in [0, 0.1) is 5.92 Å². The van der Waals surface area contributed by atoms with Crippen molar-refractivity contribution in [1.29, 1.82) is 0 Å². The number of anilines is 1. The third-order valence-electron chi connectivity index (χ3n) is 3.24. The summed E-state index contributed by atoms with van der Waals surface area (Å²) in [5, 5.41) is 2.84. The molecule has 1 amide bonds. The molecule has 0 radical (unpaired) electrons. The number of halogens is 1. The molecule has 17 heavy (non-hydrogen) atoms. The molecular formula is C13H14BrNO2. The van der Waals surface area contributed by atoms with Crippen molar-refractivity contribution in [1.82, 2.24) is 0 Å². The van der Waals surface area contributed by atoms with E-state index in [9.17, 15) is 4.79 Å². The molecule has 2 aliphatic rings. The highest BCUT2D eigenvalue weighted by Crippen LogP contribution is 2.42. The monoisotopic (exact) mass is 295 g/mol. The predicted octanol–water partition coefficient (Wildman–Crippen LogP) is 3.25. The number of fused-ring (bicyclic) bond motifs is 1. The van der Waals surface area contributed by atoms with Crippen LogP contribution < -0.4 is 10.1 Å². The number of hydrogen-bond acceptors (Lipinski definition) is 2. The molecule has 4 heteroatoms. The Bertz CT molecular complexity index is 457. The maximum atomic E-state index is 11.2. The second-order valence-electron chi connectivity index (χ2n) is 4.74. The second kappa shape index (κ2) is 4.33. The fourth-order valence-corrected chi connectivity index (χ4v) is 2.89. The lowest BCUT2D eigenvalue weighted by Gasteiger charge is -2.19. The zero-order valence-electron chi connectivity index (χ0n) is 9.41. The van der Waals surface area contributed by atoms with Gasteiger partial charge in [0, 0.05) is 4.83 Å². The number of carbonyl (C=O) groups is 1. The Morgan fingerprint density at radius 1 is 1.47 bits per heavy atom. The lowest BCUT2D eigenvalue weighted by Crippen LogP contribution is -2.25. The molecule has 1 unspecified atom stereocenters. The molecule has 0 spiro atoms. The molecule has 1 aliphatic heterocycles. The molecule has 90 valence electrons. The first kappa shape index (κ1) is 11.1. The van der Waals surface area contributed by atoms with Crippen LogP contribution in [0.2, 0.25) is 0 Å². The molecule has 1 N–H and O–H groups in total. The summed E-state index contributed by atoms with van der Waals surface area (Å²) < 4.78 is 5.34. The van der Waals surface area contributed by atoms with E-state index in [4.69, 9.17) is 4.74 Å². The van der Waals surface area contributed by atoms with Crippen molar-refractivity contribution in [2.45, 2.75) is 24.1 Å². The summed E-state index contributed by atoms with van der Waals surface area (Å²) in [6, 6.07) is 6.01. The van der Waals surface area contributed by atoms with Crippen molar-refractivity contribution in [3.05, 3.63) is 23.8 Å². The Morgan fingerprint density at radius 2 is 2.29 bits per heavy atom. The molecule has 3 rings (SSSR count). The number of benzene rings is 1. The Labute approximate surface area is 109 Å². The van der Waals surface area contributed by atoms with Gasteiger partial charge in [0.2, 0.25) is 0 Å². The lowest BCUT2D eigenvalue weighted by atomic mass is 10.1. The van der Waals surface area contributed by atoms with E-state index in [0.717, 1.165) is 17.4 Å². The van der Waals surface area contributed by atoms with Crippen molar-refractivity contribution in [3.63, 3.8) is 0 Å². The highest BCUT2D eigenvalue weighted by atomic mass is 79.9. The van der Waals surface area contributed by atoms with Gasteiger partial charge in [-0.05, 0) is 30.0 Å². The van der Waals surface area contributed by atoms with Crippen molar-refractivity contribution < 1.29 is 9.53 Å². The van der Waals surface area contributed by atoms with Crippen LogP contribution in [-0.4, -0.2) is 12.5 Å². The number of nitrogens with one attached hydrogen (secondary N) is 1. The number of ether oxygens (including phenoxy) is 1. The van der Waals surface area contributed by atoms with E-state index in [0.29, 0.717) is 4.83 Å². The molecule has 1 fully saturated rings. The van der Waals surface area contributed by atoms with Gasteiger partial charge in [0.25, 0.3) is 5.91 Å². The molecular weight excluding hydrogens is 282 g/mol. The van der Waals surface area contributed by atoms with Crippen LogP contribution in [0.4, 0.5) is 5.69 Å². The van der Waals surface area contributed by atoms with Gasteiger partial charge in [0.05, 0.1) is 5.69 Å². The van der Waals surface area contributed by atoms with Gasteiger partial charge in [-0.3, -0.25) is 4.79 Å². The van der Waals surface area contributed by atoms with E-state index in [1.807, 2.05) is 12.1 Å². The van der Waals surface area contributed by atoms with Gasteiger partial charge in [-0.2, -0.15) is 0 Å². The smallest absolute Gasteiger partial charge is 0.262 e. The van der Waals surface area contributed by atoms with Gasteiger partial charge < -0.3 is 10.1 Å². The zero-order valence-corrected chi connectivity index (χ0v) is 11.0. The number of rotatable bonds is 3. The number of carbonyl (C=O) groups excluding carboxylic acids is 1. The number of amides is 1. The van der Waals surface area contributed by atoms with E-state index >= 15 is 0 Å². The predicted molar refractivity (Wildman–Crippen MR) is 69.6 cm³/mol. The summed E-state index contributed by atoms with van der Waals surface area (Å²) >= 11 is 3.72. The van der Waals surface area contributed by atoms with Crippen molar-refractivity contribution in [3.8, 4) is 5.75 Å². The molecule has 1 aliphatic carbocycles. The Morgan fingerprint density at radius 3 is 3.06 bits per heavy atom. The quantitative estimate of drug-likeness (QED) is 0.869. The summed E-state index contributed by atoms with van der Waals surface area (Å²) in [4.78, 5) is 11.6. The molecule has 0 aromatic heterocycles. The highest BCUT2D eigenvalue weighted by molar-refractivity contribution is 9.09. The third-order valence-corrected chi connectivity index (χ3v) is 4.14. The summed E-state index contributed by atoms with van der Waals surface area (Å²) in [5.41, 5.74) is 2.00. The van der Waals surface area contributed by atoms with Gasteiger partial charge in [0.15, 0.2) is 6.61 Å². The summed E-state index contributed by atoms with van der Waals surface area (Å²) in [6.07, 6.45) is 3.88. The fourth-order valence-electron chi connectivity index (χ4n) is 2.08. The Kier molecular flexibility index (Phi) is 2.82. The summed E-state index contributed by atoms with van der Waals surface area (Å²) in [7, 11) is 0. The molecule has 1 aromatic carbocycles. The third kappa shape index (κ3) is 2.46. The Balaban J connectivity index is 1.81. The normalized spacial score (nSPS) is 20.2. The van der Waals surface area contributed by atoms with Crippen LogP contribution >= 0.6 is 15.9 Å². The van der Waals surface area contributed by atoms with E-state index in [2.05, 4.69) is 27.3 Å². The van der Waals surface area contributed by atoms with Gasteiger partial charge in [0.1, 0.15) is 5.75 Å².